The van der Waals surface area contributed by atoms with E-state index in [0.717, 1.165) is 5.56 Å². The minimum Gasteiger partial charge on any atom is -0.456 e. The summed E-state index contributed by atoms with van der Waals surface area (Å²) in [6.45, 7) is 7.05. The summed E-state index contributed by atoms with van der Waals surface area (Å²) >= 11 is 0. The Morgan fingerprint density at radius 1 is 1.12 bits per heavy atom. The summed E-state index contributed by atoms with van der Waals surface area (Å²) in [6.07, 6.45) is 0.178. The van der Waals surface area contributed by atoms with Gasteiger partial charge >= 0.3 is 5.97 Å². The fourth-order valence-corrected chi connectivity index (χ4v) is 3.41. The molecule has 0 saturated carbocycles. The third kappa shape index (κ3) is 5.28. The van der Waals surface area contributed by atoms with Crippen LogP contribution in [0.25, 0.3) is 0 Å². The van der Waals surface area contributed by atoms with E-state index in [-0.39, 0.29) is 11.3 Å². The van der Waals surface area contributed by atoms with Crippen molar-refractivity contribution in [3.05, 3.63) is 78.4 Å². The molecule has 0 aliphatic heterocycles. The van der Waals surface area contributed by atoms with Crippen molar-refractivity contribution in [3.63, 3.8) is 0 Å². The molecule has 0 aliphatic rings. The maximum absolute atomic E-state index is 12.4. The van der Waals surface area contributed by atoms with Crippen LogP contribution in [0, 0.1) is 6.92 Å². The van der Waals surface area contributed by atoms with Crippen molar-refractivity contribution in [2.45, 2.75) is 37.4 Å². The summed E-state index contributed by atoms with van der Waals surface area (Å²) in [5.74, 6) is -0.541. The van der Waals surface area contributed by atoms with Crippen molar-refractivity contribution in [1.29, 1.82) is 0 Å². The van der Waals surface area contributed by atoms with Crippen LogP contribution in [0.4, 0.5) is 0 Å². The summed E-state index contributed by atoms with van der Waals surface area (Å²) in [5, 5.41) is 0. The van der Waals surface area contributed by atoms with E-state index < -0.39 is 28.3 Å². The molecule has 2 rings (SSSR count). The number of carbonyl (C=O) groups excluding carboxylic acids is 1. The van der Waals surface area contributed by atoms with Crippen molar-refractivity contribution in [3.8, 4) is 0 Å². The first kappa shape index (κ1) is 19.9. The number of benzene rings is 2. The quantitative estimate of drug-likeness (QED) is 0.398. The number of aryl methyl sites for hydroxylation is 1. The van der Waals surface area contributed by atoms with Gasteiger partial charge < -0.3 is 4.74 Å². The Hall–Kier alpha value is -2.44. The third-order valence-electron chi connectivity index (χ3n) is 3.78. The van der Waals surface area contributed by atoms with Crippen molar-refractivity contribution < 1.29 is 22.1 Å². The highest BCUT2D eigenvalue weighted by molar-refractivity contribution is 7.86. The fourth-order valence-electron chi connectivity index (χ4n) is 2.30. The number of carbonyl (C=O) groups is 1. The van der Waals surface area contributed by atoms with Gasteiger partial charge in [0.1, 0.15) is 12.2 Å². The zero-order chi connectivity index (χ0) is 19.2. The predicted octanol–water partition coefficient (Wildman–Crippen LogP) is 3.89. The molecule has 0 aliphatic carbocycles. The van der Waals surface area contributed by atoms with Crippen molar-refractivity contribution >= 4 is 16.1 Å². The lowest BCUT2D eigenvalue weighted by atomic mass is 10.1. The van der Waals surface area contributed by atoms with Crippen LogP contribution in [0.3, 0.4) is 0 Å². The van der Waals surface area contributed by atoms with Gasteiger partial charge in [-0.05, 0) is 38.1 Å². The standard InChI is InChI=1S/C20H22O5S/c1-4-8-19(24-20(21)17-9-6-5-7-10-17)16(3)25-26(22,23)18-13-11-15(2)12-14-18/h4-7,9-14,16,19H,1,8H2,2-3H3/t16-,19+/m0/s1. The molecule has 26 heavy (non-hydrogen) atoms. The average molecular weight is 374 g/mol. The molecular formula is C20H22O5S. The molecule has 2 atom stereocenters. The minimum atomic E-state index is -3.97. The lowest BCUT2D eigenvalue weighted by molar-refractivity contribution is -0.00176. The van der Waals surface area contributed by atoms with Gasteiger partial charge in [0.05, 0.1) is 10.5 Å². The minimum absolute atomic E-state index is 0.0571. The molecule has 2 aromatic rings. The van der Waals surface area contributed by atoms with Crippen molar-refractivity contribution in [2.24, 2.45) is 0 Å². The van der Waals surface area contributed by atoms with Gasteiger partial charge in [0.25, 0.3) is 10.1 Å². The molecule has 0 bridgehead atoms. The zero-order valence-electron chi connectivity index (χ0n) is 14.8. The first-order chi connectivity index (χ1) is 12.3. The molecule has 6 heteroatoms. The highest BCUT2D eigenvalue weighted by Crippen LogP contribution is 2.19. The molecule has 0 heterocycles. The number of hydrogen-bond donors (Lipinski definition) is 0. The van der Waals surface area contributed by atoms with Gasteiger partial charge in [0.15, 0.2) is 0 Å². The van der Waals surface area contributed by atoms with Gasteiger partial charge in [-0.15, -0.1) is 6.58 Å². The Kier molecular flexibility index (Phi) is 6.71. The molecule has 0 N–H and O–H groups in total. The summed E-state index contributed by atoms with van der Waals surface area (Å²) in [4.78, 5) is 12.3. The van der Waals surface area contributed by atoms with Crippen LogP contribution >= 0.6 is 0 Å². The molecule has 0 saturated heterocycles. The van der Waals surface area contributed by atoms with Gasteiger partial charge in [0.2, 0.25) is 0 Å². The summed E-state index contributed by atoms with van der Waals surface area (Å²) < 4.78 is 35.6. The largest absolute Gasteiger partial charge is 0.456 e. The monoisotopic (exact) mass is 374 g/mol. The molecule has 0 unspecified atom stereocenters. The highest BCUT2D eigenvalue weighted by Gasteiger charge is 2.27. The van der Waals surface area contributed by atoms with Crippen LogP contribution in [0.2, 0.25) is 0 Å². The summed E-state index contributed by atoms with van der Waals surface area (Å²) in [7, 11) is -3.97. The fraction of sp³-hybridized carbons (Fsp3) is 0.250. The second-order valence-electron chi connectivity index (χ2n) is 5.90. The van der Waals surface area contributed by atoms with E-state index >= 15 is 0 Å². The first-order valence-electron chi connectivity index (χ1n) is 8.20. The summed E-state index contributed by atoms with van der Waals surface area (Å²) in [6, 6.07) is 14.8. The molecule has 5 nitrogen and oxygen atoms in total. The molecule has 138 valence electrons. The van der Waals surface area contributed by atoms with Gasteiger partial charge in [-0.2, -0.15) is 8.42 Å². The highest BCUT2D eigenvalue weighted by atomic mass is 32.2. The Labute approximate surface area is 154 Å². The van der Waals surface area contributed by atoms with Gasteiger partial charge in [-0.3, -0.25) is 4.18 Å². The van der Waals surface area contributed by atoms with Crippen LogP contribution in [0.5, 0.6) is 0 Å². The van der Waals surface area contributed by atoms with Crippen LogP contribution in [-0.2, 0) is 19.0 Å². The molecule has 0 fully saturated rings. The molecule has 0 amide bonds. The van der Waals surface area contributed by atoms with E-state index in [1.165, 1.54) is 12.1 Å². The smallest absolute Gasteiger partial charge is 0.338 e. The van der Waals surface area contributed by atoms with Gasteiger partial charge in [-0.25, -0.2) is 4.79 Å². The van der Waals surface area contributed by atoms with Crippen molar-refractivity contribution in [2.75, 3.05) is 0 Å². The lowest BCUT2D eigenvalue weighted by Gasteiger charge is -2.23. The number of hydrogen-bond acceptors (Lipinski definition) is 5. The molecule has 0 aromatic heterocycles. The summed E-state index contributed by atoms with van der Waals surface area (Å²) in [5.41, 5.74) is 1.33. The van der Waals surface area contributed by atoms with E-state index in [0.29, 0.717) is 5.56 Å². The van der Waals surface area contributed by atoms with E-state index in [9.17, 15) is 13.2 Å². The van der Waals surface area contributed by atoms with Gasteiger partial charge in [0, 0.05) is 6.42 Å². The van der Waals surface area contributed by atoms with Gasteiger partial charge in [-0.1, -0.05) is 42.0 Å². The Morgan fingerprint density at radius 2 is 1.73 bits per heavy atom. The normalized spacial score (nSPS) is 13.6. The Balaban J connectivity index is 2.12. The van der Waals surface area contributed by atoms with E-state index in [2.05, 4.69) is 6.58 Å². The van der Waals surface area contributed by atoms with Crippen LogP contribution < -0.4 is 0 Å². The maximum Gasteiger partial charge on any atom is 0.338 e. The first-order valence-corrected chi connectivity index (χ1v) is 9.61. The molecule has 0 spiro atoms. The molecular weight excluding hydrogens is 352 g/mol. The maximum atomic E-state index is 12.4. The van der Waals surface area contributed by atoms with E-state index in [1.54, 1.807) is 55.5 Å². The second kappa shape index (κ2) is 8.78. The van der Waals surface area contributed by atoms with Crippen LogP contribution in [0.15, 0.2) is 72.1 Å². The third-order valence-corrected chi connectivity index (χ3v) is 5.18. The number of rotatable bonds is 8. The van der Waals surface area contributed by atoms with Crippen LogP contribution in [-0.4, -0.2) is 26.6 Å². The topological polar surface area (TPSA) is 69.7 Å². The predicted molar refractivity (Wildman–Crippen MR) is 99.4 cm³/mol. The lowest BCUT2D eigenvalue weighted by Crippen LogP contribution is -2.33. The Bertz CT molecular complexity index is 842. The van der Waals surface area contributed by atoms with Crippen LogP contribution in [0.1, 0.15) is 29.3 Å². The average Bonchev–Trinajstić information content (AvgIpc) is 2.62. The zero-order valence-corrected chi connectivity index (χ0v) is 15.6. The van der Waals surface area contributed by atoms with E-state index in [4.69, 9.17) is 8.92 Å². The second-order valence-corrected chi connectivity index (χ2v) is 7.47. The van der Waals surface area contributed by atoms with E-state index in [1.807, 2.05) is 6.92 Å². The van der Waals surface area contributed by atoms with Crippen molar-refractivity contribution in [1.82, 2.24) is 0 Å². The number of ether oxygens (including phenoxy) is 1. The molecule has 0 radical (unpaired) electrons. The Morgan fingerprint density at radius 3 is 2.31 bits per heavy atom. The molecule has 2 aromatic carbocycles. The SMILES string of the molecule is C=CC[C@@H](OC(=O)c1ccccc1)[C@H](C)OS(=O)(=O)c1ccc(C)cc1. The number of esters is 1.